The molecule has 7 heteroatoms. The fraction of sp³-hybridized carbons (Fsp3) is 0.417. The molecular formula is C12H17NO5S. The van der Waals surface area contributed by atoms with Crippen LogP contribution in [0, 0.1) is 6.92 Å². The van der Waals surface area contributed by atoms with Gasteiger partial charge >= 0.3 is 0 Å². The molecule has 0 saturated heterocycles. The molecule has 1 amide bonds. The number of hydrogen-bond acceptors (Lipinski definition) is 5. The van der Waals surface area contributed by atoms with E-state index in [4.69, 9.17) is 9.84 Å². The van der Waals surface area contributed by atoms with Crippen molar-refractivity contribution in [2.75, 3.05) is 30.5 Å². The van der Waals surface area contributed by atoms with Gasteiger partial charge in [-0.1, -0.05) is 6.07 Å². The highest BCUT2D eigenvalue weighted by Gasteiger charge is 2.17. The van der Waals surface area contributed by atoms with Crippen LogP contribution in [0.2, 0.25) is 0 Å². The number of aryl methyl sites for hydroxylation is 1. The number of nitrogens with one attached hydrogen (secondary N) is 1. The Balaban J connectivity index is 2.80. The standard InChI is InChI=1S/C12H17NO5S/c1-9-3-4-11(18-2)10(7-9)13-12(15)8-19(16,17)6-5-14/h3-4,7,14H,5-6,8H2,1-2H3,(H,13,15). The summed E-state index contributed by atoms with van der Waals surface area (Å²) in [4.78, 5) is 11.7. The number of hydrogen-bond donors (Lipinski definition) is 2. The molecule has 1 aromatic carbocycles. The molecule has 0 spiro atoms. The average Bonchev–Trinajstić information content (AvgIpc) is 2.28. The number of aliphatic hydroxyl groups is 1. The Morgan fingerprint density at radius 3 is 2.68 bits per heavy atom. The highest BCUT2D eigenvalue weighted by molar-refractivity contribution is 7.92. The number of ether oxygens (including phenoxy) is 1. The summed E-state index contributed by atoms with van der Waals surface area (Å²) in [6.45, 7) is 1.35. The van der Waals surface area contributed by atoms with Crippen LogP contribution in [0.25, 0.3) is 0 Å². The van der Waals surface area contributed by atoms with E-state index in [0.717, 1.165) is 5.56 Å². The Hall–Kier alpha value is -1.60. The van der Waals surface area contributed by atoms with Crippen LogP contribution in [0.4, 0.5) is 5.69 Å². The maximum absolute atomic E-state index is 11.7. The van der Waals surface area contributed by atoms with Gasteiger partial charge in [-0.2, -0.15) is 0 Å². The third kappa shape index (κ3) is 4.88. The molecule has 0 aliphatic heterocycles. The average molecular weight is 287 g/mol. The second-order valence-electron chi connectivity index (χ2n) is 4.07. The molecule has 2 N–H and O–H groups in total. The maximum Gasteiger partial charge on any atom is 0.239 e. The number of carbonyl (C=O) groups excluding carboxylic acids is 1. The van der Waals surface area contributed by atoms with Crippen LogP contribution in [0.1, 0.15) is 5.56 Å². The van der Waals surface area contributed by atoms with Gasteiger partial charge < -0.3 is 15.2 Å². The Labute approximate surface area is 112 Å². The van der Waals surface area contributed by atoms with E-state index in [9.17, 15) is 13.2 Å². The SMILES string of the molecule is COc1ccc(C)cc1NC(=O)CS(=O)(=O)CCO. The van der Waals surface area contributed by atoms with Gasteiger partial charge in [-0.05, 0) is 24.6 Å². The first-order valence-electron chi connectivity index (χ1n) is 5.63. The van der Waals surface area contributed by atoms with Crippen molar-refractivity contribution in [2.24, 2.45) is 0 Å². The normalized spacial score (nSPS) is 11.1. The van der Waals surface area contributed by atoms with Crippen LogP contribution in [-0.2, 0) is 14.6 Å². The van der Waals surface area contributed by atoms with Crippen molar-refractivity contribution < 1.29 is 23.1 Å². The minimum atomic E-state index is -3.58. The molecule has 6 nitrogen and oxygen atoms in total. The molecule has 0 heterocycles. The van der Waals surface area contributed by atoms with Gasteiger partial charge in [0.2, 0.25) is 5.91 Å². The van der Waals surface area contributed by atoms with E-state index >= 15 is 0 Å². The molecule has 0 aliphatic rings. The molecule has 0 bridgehead atoms. The minimum Gasteiger partial charge on any atom is -0.495 e. The smallest absolute Gasteiger partial charge is 0.239 e. The van der Waals surface area contributed by atoms with Crippen molar-refractivity contribution in [3.05, 3.63) is 23.8 Å². The van der Waals surface area contributed by atoms with Gasteiger partial charge in [0.15, 0.2) is 9.84 Å². The number of carbonyl (C=O) groups is 1. The molecule has 0 fully saturated rings. The molecule has 1 aromatic rings. The first-order valence-corrected chi connectivity index (χ1v) is 7.46. The summed E-state index contributed by atoms with van der Waals surface area (Å²) in [6.07, 6.45) is 0. The minimum absolute atomic E-state index is 0.423. The van der Waals surface area contributed by atoms with E-state index in [1.54, 1.807) is 12.1 Å². The van der Waals surface area contributed by atoms with Crippen LogP contribution < -0.4 is 10.1 Å². The van der Waals surface area contributed by atoms with Crippen molar-refractivity contribution in [1.82, 2.24) is 0 Å². The fourth-order valence-electron chi connectivity index (χ4n) is 1.52. The van der Waals surface area contributed by atoms with E-state index in [2.05, 4.69) is 5.32 Å². The van der Waals surface area contributed by atoms with Crippen molar-refractivity contribution >= 4 is 21.4 Å². The highest BCUT2D eigenvalue weighted by Crippen LogP contribution is 2.25. The topological polar surface area (TPSA) is 92.7 Å². The molecule has 1 rings (SSSR count). The second kappa shape index (κ2) is 6.53. The summed E-state index contributed by atoms with van der Waals surface area (Å²) < 4.78 is 27.9. The molecule has 19 heavy (non-hydrogen) atoms. The lowest BCUT2D eigenvalue weighted by Crippen LogP contribution is -2.26. The summed E-state index contributed by atoms with van der Waals surface area (Å²) in [5, 5.41) is 11.1. The summed E-state index contributed by atoms with van der Waals surface area (Å²) >= 11 is 0. The summed E-state index contributed by atoms with van der Waals surface area (Å²) in [6, 6.07) is 5.19. The van der Waals surface area contributed by atoms with Gasteiger partial charge in [-0.3, -0.25) is 4.79 Å². The number of anilines is 1. The van der Waals surface area contributed by atoms with E-state index in [1.165, 1.54) is 7.11 Å². The van der Waals surface area contributed by atoms with Crippen LogP contribution >= 0.6 is 0 Å². The van der Waals surface area contributed by atoms with Crippen molar-refractivity contribution in [3.63, 3.8) is 0 Å². The van der Waals surface area contributed by atoms with Gasteiger partial charge in [0, 0.05) is 0 Å². The van der Waals surface area contributed by atoms with Crippen LogP contribution in [0.5, 0.6) is 5.75 Å². The van der Waals surface area contributed by atoms with E-state index < -0.39 is 33.9 Å². The predicted molar refractivity (Wildman–Crippen MR) is 72.1 cm³/mol. The number of rotatable bonds is 6. The van der Waals surface area contributed by atoms with Crippen LogP contribution in [-0.4, -0.2) is 44.7 Å². The number of methoxy groups -OCH3 is 1. The van der Waals surface area contributed by atoms with Crippen LogP contribution in [0.15, 0.2) is 18.2 Å². The maximum atomic E-state index is 11.7. The predicted octanol–water partition coefficient (Wildman–Crippen LogP) is 0.349. The van der Waals surface area contributed by atoms with Crippen molar-refractivity contribution in [3.8, 4) is 5.75 Å². The number of benzene rings is 1. The first kappa shape index (κ1) is 15.5. The number of sulfone groups is 1. The second-order valence-corrected chi connectivity index (χ2v) is 6.25. The monoisotopic (exact) mass is 287 g/mol. The Kier molecular flexibility index (Phi) is 5.31. The van der Waals surface area contributed by atoms with E-state index in [-0.39, 0.29) is 0 Å². The van der Waals surface area contributed by atoms with Gasteiger partial charge in [-0.25, -0.2) is 8.42 Å². The van der Waals surface area contributed by atoms with Gasteiger partial charge in [-0.15, -0.1) is 0 Å². The van der Waals surface area contributed by atoms with Crippen molar-refractivity contribution in [1.29, 1.82) is 0 Å². The molecule has 0 aliphatic carbocycles. The molecule has 0 atom stereocenters. The zero-order valence-electron chi connectivity index (χ0n) is 10.8. The third-order valence-electron chi connectivity index (χ3n) is 2.38. The quantitative estimate of drug-likeness (QED) is 0.787. The van der Waals surface area contributed by atoms with E-state index in [1.807, 2.05) is 13.0 Å². The lowest BCUT2D eigenvalue weighted by molar-refractivity contribution is -0.113. The summed E-state index contributed by atoms with van der Waals surface area (Å²) in [5.41, 5.74) is 1.33. The van der Waals surface area contributed by atoms with Gasteiger partial charge in [0.1, 0.15) is 11.5 Å². The molecule has 0 saturated carbocycles. The van der Waals surface area contributed by atoms with Crippen LogP contribution in [0.3, 0.4) is 0 Å². The zero-order valence-corrected chi connectivity index (χ0v) is 11.7. The molecular weight excluding hydrogens is 270 g/mol. The lowest BCUT2D eigenvalue weighted by atomic mass is 10.2. The number of amides is 1. The summed E-state index contributed by atoms with van der Waals surface area (Å²) in [7, 11) is -2.12. The lowest BCUT2D eigenvalue weighted by Gasteiger charge is -2.11. The van der Waals surface area contributed by atoms with E-state index in [0.29, 0.717) is 11.4 Å². The first-order chi connectivity index (χ1) is 8.88. The number of aliphatic hydroxyl groups excluding tert-OH is 1. The molecule has 106 valence electrons. The third-order valence-corrected chi connectivity index (χ3v) is 3.89. The summed E-state index contributed by atoms with van der Waals surface area (Å²) in [5.74, 6) is -1.29. The van der Waals surface area contributed by atoms with Crippen molar-refractivity contribution in [2.45, 2.75) is 6.92 Å². The molecule has 0 unspecified atom stereocenters. The Bertz CT molecular complexity index is 553. The molecule has 0 radical (unpaired) electrons. The van der Waals surface area contributed by atoms with Gasteiger partial charge in [0.25, 0.3) is 0 Å². The molecule has 0 aromatic heterocycles. The largest absolute Gasteiger partial charge is 0.495 e. The fourth-order valence-corrected chi connectivity index (χ4v) is 2.41. The Morgan fingerprint density at radius 2 is 2.11 bits per heavy atom. The highest BCUT2D eigenvalue weighted by atomic mass is 32.2. The Morgan fingerprint density at radius 1 is 1.42 bits per heavy atom. The zero-order chi connectivity index (χ0) is 14.5. The van der Waals surface area contributed by atoms with Gasteiger partial charge in [0.05, 0.1) is 25.2 Å².